The van der Waals surface area contributed by atoms with Gasteiger partial charge in [-0.2, -0.15) is 0 Å². The molecule has 4 rings (SSSR count). The first-order valence-electron chi connectivity index (χ1n) is 12.3. The minimum absolute atomic E-state index is 0.119. The van der Waals surface area contributed by atoms with Gasteiger partial charge in [0.15, 0.2) is 0 Å². The molecule has 28 heavy (non-hydrogen) atoms. The Hall–Kier alpha value is -0.390. The molecule has 0 spiro atoms. The van der Waals surface area contributed by atoms with Crippen molar-refractivity contribution in [1.29, 1.82) is 0 Å². The van der Waals surface area contributed by atoms with Crippen molar-refractivity contribution in [1.82, 2.24) is 4.90 Å². The smallest absolute Gasteiger partial charge is 0.0330 e. The summed E-state index contributed by atoms with van der Waals surface area (Å²) >= 11 is 0. The van der Waals surface area contributed by atoms with Crippen molar-refractivity contribution in [2.24, 2.45) is 5.92 Å². The van der Waals surface area contributed by atoms with Gasteiger partial charge in [-0.1, -0.05) is 89.6 Å². The van der Waals surface area contributed by atoms with E-state index in [-0.39, 0.29) is 7.92 Å². The van der Waals surface area contributed by atoms with Gasteiger partial charge in [0.1, 0.15) is 0 Å². The molecule has 156 valence electrons. The largest absolute Gasteiger partial charge is 0.295 e. The maximum atomic E-state index is 2.85. The molecule has 1 nitrogen and oxygen atoms in total. The van der Waals surface area contributed by atoms with Crippen LogP contribution in [0.1, 0.15) is 95.5 Å². The van der Waals surface area contributed by atoms with Crippen LogP contribution >= 0.6 is 7.92 Å². The van der Waals surface area contributed by atoms with Crippen LogP contribution in [-0.2, 0) is 6.54 Å². The third-order valence-electron chi connectivity index (χ3n) is 7.85. The fourth-order valence-electron chi connectivity index (χ4n) is 6.54. The lowest BCUT2D eigenvalue weighted by Gasteiger charge is -2.48. The number of hydrogen-bond donors (Lipinski definition) is 0. The summed E-state index contributed by atoms with van der Waals surface area (Å²) in [5, 5.41) is 0. The molecular formula is C26H42NP. The summed E-state index contributed by atoms with van der Waals surface area (Å²) in [4.78, 5) is 2.85. The van der Waals surface area contributed by atoms with E-state index in [0.29, 0.717) is 0 Å². The van der Waals surface area contributed by atoms with Crippen LogP contribution in [0.2, 0.25) is 0 Å². The molecule has 0 heterocycles. The quantitative estimate of drug-likeness (QED) is 0.423. The van der Waals surface area contributed by atoms with Gasteiger partial charge < -0.3 is 0 Å². The monoisotopic (exact) mass is 399 g/mol. The SMILES string of the molecule is CN(Cc1ccccc1)C(C1CCCC1)P(C1CCCCC1)C1CCCCC1. The zero-order chi connectivity index (χ0) is 19.2. The van der Waals surface area contributed by atoms with E-state index < -0.39 is 0 Å². The Morgan fingerprint density at radius 1 is 0.750 bits per heavy atom. The van der Waals surface area contributed by atoms with E-state index in [1.807, 2.05) is 0 Å². The highest BCUT2D eigenvalue weighted by Crippen LogP contribution is 2.62. The molecule has 1 atom stereocenters. The van der Waals surface area contributed by atoms with Gasteiger partial charge >= 0.3 is 0 Å². The molecule has 1 unspecified atom stereocenters. The van der Waals surface area contributed by atoms with Gasteiger partial charge in [0.05, 0.1) is 0 Å². The highest BCUT2D eigenvalue weighted by atomic mass is 31.1. The summed E-state index contributed by atoms with van der Waals surface area (Å²) < 4.78 is 0. The second-order valence-electron chi connectivity index (χ2n) is 9.89. The van der Waals surface area contributed by atoms with E-state index >= 15 is 0 Å². The highest BCUT2D eigenvalue weighted by Gasteiger charge is 2.42. The topological polar surface area (TPSA) is 3.24 Å². The molecule has 0 amide bonds. The molecule has 0 N–H and O–H groups in total. The van der Waals surface area contributed by atoms with Crippen molar-refractivity contribution >= 4 is 7.92 Å². The first-order valence-corrected chi connectivity index (χ1v) is 13.9. The highest BCUT2D eigenvalue weighted by molar-refractivity contribution is 7.59. The minimum atomic E-state index is 0.119. The zero-order valence-electron chi connectivity index (χ0n) is 18.2. The molecule has 2 heteroatoms. The molecule has 3 aliphatic carbocycles. The molecule has 0 aliphatic heterocycles. The summed E-state index contributed by atoms with van der Waals surface area (Å²) in [6.07, 6.45) is 21.2. The van der Waals surface area contributed by atoms with E-state index in [0.717, 1.165) is 29.6 Å². The summed E-state index contributed by atoms with van der Waals surface area (Å²) in [5.41, 5.74) is 3.64. The molecule has 1 aromatic carbocycles. The molecule has 3 aliphatic rings. The number of benzene rings is 1. The summed E-state index contributed by atoms with van der Waals surface area (Å²) in [5.74, 6) is 1.85. The van der Waals surface area contributed by atoms with Crippen LogP contribution in [-0.4, -0.2) is 29.0 Å². The number of nitrogens with zero attached hydrogens (tertiary/aromatic N) is 1. The first-order chi connectivity index (χ1) is 13.8. The predicted molar refractivity (Wildman–Crippen MR) is 124 cm³/mol. The van der Waals surface area contributed by atoms with Gasteiger partial charge in [0, 0.05) is 12.3 Å². The van der Waals surface area contributed by atoms with Crippen LogP contribution < -0.4 is 0 Å². The molecule has 0 bridgehead atoms. The maximum Gasteiger partial charge on any atom is 0.0330 e. The normalized spacial score (nSPS) is 24.2. The van der Waals surface area contributed by atoms with Gasteiger partial charge in [0.25, 0.3) is 0 Å². The Labute approximate surface area is 175 Å². The van der Waals surface area contributed by atoms with Gasteiger partial charge in [-0.15, -0.1) is 0 Å². The second-order valence-corrected chi connectivity index (χ2v) is 12.8. The van der Waals surface area contributed by atoms with Crippen molar-refractivity contribution in [3.8, 4) is 0 Å². The third kappa shape index (κ3) is 5.20. The predicted octanol–water partition coefficient (Wildman–Crippen LogP) is 7.78. The standard InChI is InChI=1S/C26H42NP/c1-27(21-22-13-5-2-6-14-22)26(23-15-11-12-16-23)28(24-17-7-3-8-18-24)25-19-9-4-10-20-25/h2,5-6,13-14,23-26H,3-4,7-12,15-21H2,1H3. The number of hydrogen-bond acceptors (Lipinski definition) is 1. The van der Waals surface area contributed by atoms with Crippen molar-refractivity contribution < 1.29 is 0 Å². The molecule has 1 aromatic rings. The average molecular weight is 400 g/mol. The van der Waals surface area contributed by atoms with Crippen LogP contribution in [0.3, 0.4) is 0 Å². The van der Waals surface area contributed by atoms with E-state index in [9.17, 15) is 0 Å². The van der Waals surface area contributed by atoms with Gasteiger partial charge in [-0.3, -0.25) is 4.90 Å². The van der Waals surface area contributed by atoms with Gasteiger partial charge in [-0.05, 0) is 68.4 Å². The Morgan fingerprint density at radius 2 is 1.25 bits per heavy atom. The number of rotatable bonds is 7. The van der Waals surface area contributed by atoms with E-state index in [1.165, 1.54) is 69.8 Å². The van der Waals surface area contributed by atoms with Crippen molar-refractivity contribution in [2.75, 3.05) is 7.05 Å². The summed E-state index contributed by atoms with van der Waals surface area (Å²) in [6.45, 7) is 1.15. The van der Waals surface area contributed by atoms with Crippen LogP contribution in [0.15, 0.2) is 30.3 Å². The van der Waals surface area contributed by atoms with Crippen LogP contribution in [0.5, 0.6) is 0 Å². The van der Waals surface area contributed by atoms with Gasteiger partial charge in [0.2, 0.25) is 0 Å². The van der Waals surface area contributed by atoms with Crippen LogP contribution in [0.25, 0.3) is 0 Å². The summed E-state index contributed by atoms with van der Waals surface area (Å²) in [7, 11) is 2.60. The van der Waals surface area contributed by atoms with E-state index in [4.69, 9.17) is 0 Å². The fraction of sp³-hybridized carbons (Fsp3) is 0.769. The van der Waals surface area contributed by atoms with Crippen molar-refractivity contribution in [3.05, 3.63) is 35.9 Å². The lowest BCUT2D eigenvalue weighted by molar-refractivity contribution is 0.232. The first kappa shape index (κ1) is 20.9. The average Bonchev–Trinajstić information content (AvgIpc) is 3.28. The molecule has 0 radical (unpaired) electrons. The lowest BCUT2D eigenvalue weighted by atomic mass is 9.99. The Balaban J connectivity index is 1.59. The zero-order valence-corrected chi connectivity index (χ0v) is 19.1. The van der Waals surface area contributed by atoms with E-state index in [1.54, 1.807) is 25.7 Å². The molecule has 3 fully saturated rings. The van der Waals surface area contributed by atoms with Crippen molar-refractivity contribution in [3.63, 3.8) is 0 Å². The maximum absolute atomic E-state index is 2.85. The van der Waals surface area contributed by atoms with E-state index in [2.05, 4.69) is 42.3 Å². The van der Waals surface area contributed by atoms with Gasteiger partial charge in [-0.25, -0.2) is 0 Å². The molecule has 3 saturated carbocycles. The van der Waals surface area contributed by atoms with Crippen LogP contribution in [0, 0.1) is 5.92 Å². The molecule has 0 aromatic heterocycles. The Morgan fingerprint density at radius 3 is 1.79 bits per heavy atom. The van der Waals surface area contributed by atoms with Crippen LogP contribution in [0.4, 0.5) is 0 Å². The lowest BCUT2D eigenvalue weighted by Crippen LogP contribution is -2.40. The molecular weight excluding hydrogens is 357 g/mol. The van der Waals surface area contributed by atoms with Crippen molar-refractivity contribution in [2.45, 2.75) is 114 Å². The second kappa shape index (κ2) is 10.6. The minimum Gasteiger partial charge on any atom is -0.295 e. The third-order valence-corrected chi connectivity index (χ3v) is 12.0. The fourth-order valence-corrected chi connectivity index (χ4v) is 11.2. The Kier molecular flexibility index (Phi) is 7.89. The molecule has 0 saturated heterocycles. The summed E-state index contributed by atoms with van der Waals surface area (Å²) in [6, 6.07) is 11.3. The Bertz CT molecular complexity index is 537.